The number of rotatable bonds is 10. The van der Waals surface area contributed by atoms with E-state index in [0.29, 0.717) is 11.4 Å². The zero-order valence-electron chi connectivity index (χ0n) is 19.5. The van der Waals surface area contributed by atoms with Crippen molar-refractivity contribution >= 4 is 21.6 Å². The summed E-state index contributed by atoms with van der Waals surface area (Å²) >= 11 is 0. The summed E-state index contributed by atoms with van der Waals surface area (Å²) in [5.41, 5.74) is 3.41. The van der Waals surface area contributed by atoms with Crippen LogP contribution in [0, 0.1) is 6.92 Å². The molecule has 0 aliphatic heterocycles. The van der Waals surface area contributed by atoms with E-state index in [0.717, 1.165) is 46.7 Å². The monoisotopic (exact) mass is 465 g/mol. The molecule has 0 aliphatic carbocycles. The highest BCUT2D eigenvalue weighted by molar-refractivity contribution is 7.93. The molecule has 0 aromatic heterocycles. The third-order valence-corrected chi connectivity index (χ3v) is 7.21. The maximum Gasteiger partial charge on any atom is 0.278 e. The molecule has 0 atom stereocenters. The van der Waals surface area contributed by atoms with Crippen LogP contribution in [0.4, 0.5) is 5.69 Å². The van der Waals surface area contributed by atoms with Gasteiger partial charge in [-0.25, -0.2) is 8.42 Å². The largest absolute Gasteiger partial charge is 0.484 e. The molecule has 0 heterocycles. The molecule has 33 heavy (non-hydrogen) atoms. The summed E-state index contributed by atoms with van der Waals surface area (Å²) in [5.74, 6) is -0.121. The van der Waals surface area contributed by atoms with E-state index in [1.165, 1.54) is 12.1 Å². The van der Waals surface area contributed by atoms with Crippen molar-refractivity contribution in [2.45, 2.75) is 51.3 Å². The second kappa shape index (κ2) is 11.1. The van der Waals surface area contributed by atoms with Crippen LogP contribution in [0.15, 0.2) is 77.7 Å². The van der Waals surface area contributed by atoms with E-state index in [-0.39, 0.29) is 4.90 Å². The number of hydrogen-bond acceptors (Lipinski definition) is 4. The molecule has 0 N–H and O–H groups in total. The summed E-state index contributed by atoms with van der Waals surface area (Å²) in [6, 6.07) is 21.0. The fourth-order valence-corrected chi connectivity index (χ4v) is 4.88. The first-order valence-corrected chi connectivity index (χ1v) is 12.7. The van der Waals surface area contributed by atoms with E-state index in [1.807, 2.05) is 44.2 Å². The molecule has 174 valence electrons. The predicted molar refractivity (Wildman–Crippen MR) is 132 cm³/mol. The van der Waals surface area contributed by atoms with Crippen LogP contribution in [0.3, 0.4) is 0 Å². The zero-order valence-corrected chi connectivity index (χ0v) is 20.3. The van der Waals surface area contributed by atoms with Gasteiger partial charge in [0.25, 0.3) is 15.9 Å². The summed E-state index contributed by atoms with van der Waals surface area (Å²) < 4.78 is 33.5. The number of hydrogen-bond donors (Lipinski definition) is 0. The number of amides is 1. The average Bonchev–Trinajstić information content (AvgIpc) is 2.82. The maximum atomic E-state index is 13.5. The molecule has 0 fully saturated rings. The van der Waals surface area contributed by atoms with Crippen molar-refractivity contribution in [3.05, 3.63) is 89.5 Å². The first kappa shape index (κ1) is 24.5. The van der Waals surface area contributed by atoms with Crippen LogP contribution in [0.1, 0.15) is 43.4 Å². The summed E-state index contributed by atoms with van der Waals surface area (Å²) in [6.07, 6.45) is 3.87. The topological polar surface area (TPSA) is 63.7 Å². The minimum atomic E-state index is -4.11. The van der Waals surface area contributed by atoms with Crippen molar-refractivity contribution in [2.24, 2.45) is 0 Å². The highest BCUT2D eigenvalue weighted by Gasteiger charge is 2.31. The second-order valence-electron chi connectivity index (χ2n) is 8.04. The van der Waals surface area contributed by atoms with Crippen LogP contribution in [-0.4, -0.2) is 20.9 Å². The molecule has 3 rings (SSSR count). The van der Waals surface area contributed by atoms with Crippen LogP contribution < -0.4 is 9.04 Å². The number of nitrogens with zero attached hydrogens (tertiary/aromatic N) is 1. The number of benzene rings is 3. The van der Waals surface area contributed by atoms with Gasteiger partial charge in [-0.1, -0.05) is 62.2 Å². The molecular formula is C27H31NO4S. The predicted octanol–water partition coefficient (Wildman–Crippen LogP) is 5.70. The summed E-state index contributed by atoms with van der Waals surface area (Å²) in [6.45, 7) is 5.64. The highest BCUT2D eigenvalue weighted by atomic mass is 32.2. The molecule has 0 unspecified atom stereocenters. The molecule has 3 aromatic rings. The Hall–Kier alpha value is -3.12. The minimum Gasteiger partial charge on any atom is -0.484 e. The first-order valence-electron chi connectivity index (χ1n) is 11.3. The second-order valence-corrected chi connectivity index (χ2v) is 9.82. The van der Waals surface area contributed by atoms with Crippen molar-refractivity contribution in [2.75, 3.05) is 10.9 Å². The van der Waals surface area contributed by atoms with Crippen molar-refractivity contribution in [1.29, 1.82) is 0 Å². The Balaban J connectivity index is 1.92. The quantitative estimate of drug-likeness (QED) is 0.385. The van der Waals surface area contributed by atoms with Crippen molar-refractivity contribution in [3.63, 3.8) is 0 Å². The molecule has 0 saturated carbocycles. The van der Waals surface area contributed by atoms with Gasteiger partial charge in [0.2, 0.25) is 0 Å². The van der Waals surface area contributed by atoms with Gasteiger partial charge in [-0.05, 0) is 73.7 Å². The van der Waals surface area contributed by atoms with Crippen LogP contribution in [-0.2, 0) is 27.7 Å². The van der Waals surface area contributed by atoms with Crippen molar-refractivity contribution in [1.82, 2.24) is 0 Å². The highest BCUT2D eigenvalue weighted by Crippen LogP contribution is 2.26. The summed E-state index contributed by atoms with van der Waals surface area (Å²) in [4.78, 5) is 13.3. The van der Waals surface area contributed by atoms with Crippen molar-refractivity contribution in [3.8, 4) is 5.75 Å². The Bertz CT molecular complexity index is 1170. The van der Waals surface area contributed by atoms with Gasteiger partial charge in [0.1, 0.15) is 5.75 Å². The fraction of sp³-hybridized carbons (Fsp3) is 0.296. The molecule has 1 amide bonds. The molecule has 3 aromatic carbocycles. The number of sulfonamides is 1. The van der Waals surface area contributed by atoms with Gasteiger partial charge in [-0.15, -0.1) is 0 Å². The Morgan fingerprint density at radius 1 is 0.909 bits per heavy atom. The number of anilines is 1. The average molecular weight is 466 g/mol. The van der Waals surface area contributed by atoms with E-state index < -0.39 is 22.5 Å². The standard InChI is InChI=1S/C27H31NO4S/c1-4-6-8-23-13-15-24(16-14-23)28(33(30,31)26-17-11-21(3)12-18-26)27(29)20-32-25-10-7-9-22(5-2)19-25/h7,9-19H,4-6,8,20H2,1-3H3. The SMILES string of the molecule is CCCCc1ccc(N(C(=O)COc2cccc(CC)c2)S(=O)(=O)c2ccc(C)cc2)cc1. The minimum absolute atomic E-state index is 0.0597. The van der Waals surface area contributed by atoms with Gasteiger partial charge in [-0.3, -0.25) is 4.79 Å². The summed E-state index contributed by atoms with van der Waals surface area (Å²) in [5, 5.41) is 0. The van der Waals surface area contributed by atoms with E-state index in [1.54, 1.807) is 30.3 Å². The van der Waals surface area contributed by atoms with Crippen molar-refractivity contribution < 1.29 is 17.9 Å². The number of aryl methyl sites for hydroxylation is 3. The zero-order chi connectivity index (χ0) is 23.8. The van der Waals surface area contributed by atoms with Gasteiger partial charge < -0.3 is 4.74 Å². The third-order valence-electron chi connectivity index (χ3n) is 5.44. The fourth-order valence-electron chi connectivity index (χ4n) is 3.47. The van der Waals surface area contributed by atoms with E-state index in [2.05, 4.69) is 6.92 Å². The Kier molecular flexibility index (Phi) is 8.28. The van der Waals surface area contributed by atoms with Crippen LogP contribution in [0.5, 0.6) is 5.75 Å². The molecule has 0 aliphatic rings. The molecular weight excluding hydrogens is 434 g/mol. The van der Waals surface area contributed by atoms with Gasteiger partial charge in [0.15, 0.2) is 6.61 Å². The molecule has 0 radical (unpaired) electrons. The summed E-state index contributed by atoms with van der Waals surface area (Å²) in [7, 11) is -4.11. The molecule has 6 heteroatoms. The van der Waals surface area contributed by atoms with Crippen LogP contribution in [0.25, 0.3) is 0 Å². The number of carbonyl (C=O) groups is 1. The Labute approximate surface area is 197 Å². The molecule has 0 spiro atoms. The first-order chi connectivity index (χ1) is 15.8. The molecule has 0 saturated heterocycles. The van der Waals surface area contributed by atoms with E-state index in [4.69, 9.17) is 4.74 Å². The van der Waals surface area contributed by atoms with Crippen LogP contribution in [0.2, 0.25) is 0 Å². The maximum absolute atomic E-state index is 13.5. The lowest BCUT2D eigenvalue weighted by Gasteiger charge is -2.23. The number of unbranched alkanes of at least 4 members (excludes halogenated alkanes) is 1. The third kappa shape index (κ3) is 6.23. The molecule has 5 nitrogen and oxygen atoms in total. The number of carbonyl (C=O) groups excluding carboxylic acids is 1. The normalized spacial score (nSPS) is 11.2. The molecule has 0 bridgehead atoms. The smallest absolute Gasteiger partial charge is 0.278 e. The Morgan fingerprint density at radius 3 is 2.24 bits per heavy atom. The number of ether oxygens (including phenoxy) is 1. The van der Waals surface area contributed by atoms with E-state index in [9.17, 15) is 13.2 Å². The van der Waals surface area contributed by atoms with Gasteiger partial charge in [-0.2, -0.15) is 4.31 Å². The van der Waals surface area contributed by atoms with Crippen LogP contribution >= 0.6 is 0 Å². The lowest BCUT2D eigenvalue weighted by molar-refractivity contribution is -0.119. The van der Waals surface area contributed by atoms with Gasteiger partial charge in [0, 0.05) is 0 Å². The van der Waals surface area contributed by atoms with Gasteiger partial charge in [0.05, 0.1) is 10.6 Å². The lowest BCUT2D eigenvalue weighted by Crippen LogP contribution is -2.40. The lowest BCUT2D eigenvalue weighted by atomic mass is 10.1. The van der Waals surface area contributed by atoms with Gasteiger partial charge >= 0.3 is 0 Å². The van der Waals surface area contributed by atoms with E-state index >= 15 is 0 Å². The Morgan fingerprint density at radius 2 is 1.61 bits per heavy atom.